The molecule has 0 amide bonds. The molecule has 0 aromatic carbocycles. The molecule has 7 nitrogen and oxygen atoms in total. The van der Waals surface area contributed by atoms with E-state index >= 15 is 0 Å². The summed E-state index contributed by atoms with van der Waals surface area (Å²) >= 11 is 0. The predicted octanol–water partition coefficient (Wildman–Crippen LogP) is 2.13. The average Bonchev–Trinajstić information content (AvgIpc) is 2.53. The van der Waals surface area contributed by atoms with Crippen molar-refractivity contribution in [1.82, 2.24) is 15.0 Å². The largest absolute Gasteiger partial charge is 0.477 e. The van der Waals surface area contributed by atoms with E-state index in [2.05, 4.69) is 15.0 Å². The Morgan fingerprint density at radius 2 is 1.88 bits per heavy atom. The molecule has 126 valence electrons. The van der Waals surface area contributed by atoms with Crippen LogP contribution in [0.4, 0.5) is 0 Å². The van der Waals surface area contributed by atoms with E-state index in [-0.39, 0.29) is 24.1 Å². The van der Waals surface area contributed by atoms with Gasteiger partial charge in [-0.1, -0.05) is 0 Å². The molecular weight excluding hydrogens is 306 g/mol. The molecule has 0 bridgehead atoms. The SMILES string of the molecule is CC(=O)C(C)(C)COc1cc(C)c(-c2cnc(C(=N)N)nc2)cn1. The maximum Gasteiger partial charge on any atom is 0.213 e. The summed E-state index contributed by atoms with van der Waals surface area (Å²) in [5.41, 5.74) is 7.38. The maximum absolute atomic E-state index is 11.5. The Hall–Kier alpha value is -2.83. The van der Waals surface area contributed by atoms with E-state index < -0.39 is 5.41 Å². The molecule has 0 atom stereocenters. The van der Waals surface area contributed by atoms with Crippen molar-refractivity contribution in [2.45, 2.75) is 27.7 Å². The van der Waals surface area contributed by atoms with Gasteiger partial charge >= 0.3 is 0 Å². The van der Waals surface area contributed by atoms with Crippen LogP contribution in [0.15, 0.2) is 24.7 Å². The molecule has 0 saturated heterocycles. The molecule has 2 rings (SSSR count). The third kappa shape index (κ3) is 3.92. The Morgan fingerprint density at radius 1 is 1.25 bits per heavy atom. The van der Waals surface area contributed by atoms with E-state index in [9.17, 15) is 4.79 Å². The smallest absolute Gasteiger partial charge is 0.213 e. The quantitative estimate of drug-likeness (QED) is 0.620. The first kappa shape index (κ1) is 17.5. The van der Waals surface area contributed by atoms with Gasteiger partial charge in [-0.2, -0.15) is 0 Å². The van der Waals surface area contributed by atoms with Crippen LogP contribution in [0.3, 0.4) is 0 Å². The first-order chi connectivity index (χ1) is 11.2. The lowest BCUT2D eigenvalue weighted by Crippen LogP contribution is -2.29. The van der Waals surface area contributed by atoms with Crippen LogP contribution in [0.2, 0.25) is 0 Å². The van der Waals surface area contributed by atoms with Gasteiger partial charge in [-0.25, -0.2) is 15.0 Å². The molecule has 2 heterocycles. The van der Waals surface area contributed by atoms with Gasteiger partial charge in [-0.15, -0.1) is 0 Å². The highest BCUT2D eigenvalue weighted by molar-refractivity contribution is 5.91. The van der Waals surface area contributed by atoms with Gasteiger partial charge in [0.2, 0.25) is 5.88 Å². The van der Waals surface area contributed by atoms with Crippen molar-refractivity contribution >= 4 is 11.6 Å². The van der Waals surface area contributed by atoms with Crippen LogP contribution in [0.1, 0.15) is 32.2 Å². The van der Waals surface area contributed by atoms with Gasteiger partial charge in [-0.05, 0) is 33.3 Å². The number of rotatable bonds is 6. The van der Waals surface area contributed by atoms with E-state index in [0.29, 0.717) is 5.88 Å². The number of hydrogen-bond acceptors (Lipinski definition) is 6. The number of ether oxygens (including phenoxy) is 1. The summed E-state index contributed by atoms with van der Waals surface area (Å²) in [4.78, 5) is 23.9. The molecule has 7 heteroatoms. The van der Waals surface area contributed by atoms with Gasteiger partial charge in [0.1, 0.15) is 12.4 Å². The number of aromatic nitrogens is 3. The summed E-state index contributed by atoms with van der Waals surface area (Å²) in [5, 5.41) is 7.31. The third-order valence-corrected chi connectivity index (χ3v) is 3.82. The number of ketones is 1. The number of amidine groups is 1. The first-order valence-electron chi connectivity index (χ1n) is 7.48. The number of Topliss-reactive ketones (excluding diaryl/α,β-unsaturated/α-hetero) is 1. The van der Waals surface area contributed by atoms with Gasteiger partial charge in [0.15, 0.2) is 11.7 Å². The normalized spacial score (nSPS) is 11.2. The summed E-state index contributed by atoms with van der Waals surface area (Å²) in [6.45, 7) is 7.42. The Kier molecular flexibility index (Phi) is 4.92. The van der Waals surface area contributed by atoms with Crippen molar-refractivity contribution in [3.8, 4) is 17.0 Å². The second-order valence-electron chi connectivity index (χ2n) is 6.28. The fraction of sp³-hybridized carbons (Fsp3) is 0.353. The molecule has 0 aliphatic rings. The standard InChI is InChI=1S/C17H21N5O2/c1-10-5-14(24-9-17(3,4)11(2)23)20-8-13(10)12-6-21-16(15(18)19)22-7-12/h5-8H,9H2,1-4H3,(H3,18,19). The van der Waals surface area contributed by atoms with E-state index in [4.69, 9.17) is 15.9 Å². The molecule has 2 aromatic rings. The molecule has 0 aliphatic heterocycles. The van der Waals surface area contributed by atoms with Crippen LogP contribution in [-0.2, 0) is 4.79 Å². The molecule has 0 aliphatic carbocycles. The highest BCUT2D eigenvalue weighted by Gasteiger charge is 2.24. The fourth-order valence-electron chi connectivity index (χ4n) is 1.87. The monoisotopic (exact) mass is 327 g/mol. The van der Waals surface area contributed by atoms with Gasteiger partial charge < -0.3 is 10.5 Å². The Morgan fingerprint density at radius 3 is 2.38 bits per heavy atom. The summed E-state index contributed by atoms with van der Waals surface area (Å²) in [6.07, 6.45) is 4.89. The number of nitrogens with one attached hydrogen (secondary N) is 1. The number of nitrogens with zero attached hydrogens (tertiary/aromatic N) is 3. The molecule has 0 fully saturated rings. The van der Waals surface area contributed by atoms with Crippen molar-refractivity contribution in [2.24, 2.45) is 11.1 Å². The highest BCUT2D eigenvalue weighted by atomic mass is 16.5. The molecule has 0 saturated carbocycles. The molecule has 24 heavy (non-hydrogen) atoms. The number of nitrogen functional groups attached to an aromatic ring is 1. The molecular formula is C17H21N5O2. The zero-order valence-corrected chi connectivity index (χ0v) is 14.3. The summed E-state index contributed by atoms with van der Waals surface area (Å²) in [6, 6.07) is 1.81. The van der Waals surface area contributed by atoms with Crippen LogP contribution >= 0.6 is 0 Å². The van der Waals surface area contributed by atoms with Crippen LogP contribution < -0.4 is 10.5 Å². The summed E-state index contributed by atoms with van der Waals surface area (Å²) in [7, 11) is 0. The first-order valence-corrected chi connectivity index (χ1v) is 7.48. The minimum Gasteiger partial charge on any atom is -0.477 e. The number of aryl methyl sites for hydroxylation is 1. The van der Waals surface area contributed by atoms with Crippen molar-refractivity contribution in [3.05, 3.63) is 36.0 Å². The van der Waals surface area contributed by atoms with E-state index in [1.165, 1.54) is 0 Å². The lowest BCUT2D eigenvalue weighted by molar-refractivity contribution is -0.126. The minimum absolute atomic E-state index is 0.0681. The van der Waals surface area contributed by atoms with Crippen LogP contribution in [0.25, 0.3) is 11.1 Å². The van der Waals surface area contributed by atoms with Crippen molar-refractivity contribution in [2.75, 3.05) is 6.61 Å². The number of hydrogen-bond donors (Lipinski definition) is 2. The lowest BCUT2D eigenvalue weighted by atomic mass is 9.90. The van der Waals surface area contributed by atoms with Crippen molar-refractivity contribution in [3.63, 3.8) is 0 Å². The number of carbonyl (C=O) groups excluding carboxylic acids is 1. The molecule has 0 unspecified atom stereocenters. The summed E-state index contributed by atoms with van der Waals surface area (Å²) < 4.78 is 5.65. The summed E-state index contributed by atoms with van der Waals surface area (Å²) in [5.74, 6) is 0.550. The Labute approximate surface area is 140 Å². The zero-order valence-electron chi connectivity index (χ0n) is 14.3. The van der Waals surface area contributed by atoms with Gasteiger partial charge in [0.05, 0.1) is 5.41 Å². The van der Waals surface area contributed by atoms with Crippen LogP contribution in [-0.4, -0.2) is 33.2 Å². The number of nitrogens with two attached hydrogens (primary N) is 1. The lowest BCUT2D eigenvalue weighted by Gasteiger charge is -2.21. The van der Waals surface area contributed by atoms with Crippen LogP contribution in [0, 0.1) is 17.7 Å². The van der Waals surface area contributed by atoms with Gasteiger partial charge in [0, 0.05) is 35.8 Å². The van der Waals surface area contributed by atoms with E-state index in [0.717, 1.165) is 16.7 Å². The Balaban J connectivity index is 2.18. The molecule has 3 N–H and O–H groups in total. The molecule has 0 spiro atoms. The predicted molar refractivity (Wildman–Crippen MR) is 91.0 cm³/mol. The van der Waals surface area contributed by atoms with E-state index in [1.807, 2.05) is 26.8 Å². The second-order valence-corrected chi connectivity index (χ2v) is 6.28. The highest BCUT2D eigenvalue weighted by Crippen LogP contribution is 2.25. The van der Waals surface area contributed by atoms with Gasteiger partial charge in [-0.3, -0.25) is 10.2 Å². The molecule has 0 radical (unpaired) electrons. The van der Waals surface area contributed by atoms with E-state index in [1.54, 1.807) is 25.5 Å². The van der Waals surface area contributed by atoms with Gasteiger partial charge in [0.25, 0.3) is 0 Å². The number of pyridine rings is 1. The van der Waals surface area contributed by atoms with Crippen molar-refractivity contribution in [1.29, 1.82) is 5.41 Å². The third-order valence-electron chi connectivity index (χ3n) is 3.82. The maximum atomic E-state index is 11.5. The zero-order chi connectivity index (χ0) is 17.9. The van der Waals surface area contributed by atoms with Crippen molar-refractivity contribution < 1.29 is 9.53 Å². The minimum atomic E-state index is -0.551. The second kappa shape index (κ2) is 6.74. The number of carbonyl (C=O) groups is 1. The Bertz CT molecular complexity index is 769. The molecule has 2 aromatic heterocycles. The average molecular weight is 327 g/mol. The topological polar surface area (TPSA) is 115 Å². The fourth-order valence-corrected chi connectivity index (χ4v) is 1.87. The van der Waals surface area contributed by atoms with Crippen LogP contribution in [0.5, 0.6) is 5.88 Å².